The molecule has 0 bridgehead atoms. The van der Waals surface area contributed by atoms with Crippen molar-refractivity contribution in [1.29, 1.82) is 0 Å². The molecule has 0 saturated carbocycles. The van der Waals surface area contributed by atoms with Crippen molar-refractivity contribution in [2.45, 2.75) is 46.5 Å². The molecule has 0 unspecified atom stereocenters. The molecule has 0 aliphatic heterocycles. The number of benzene rings is 3. The van der Waals surface area contributed by atoms with Crippen molar-refractivity contribution >= 4 is 11.8 Å². The van der Waals surface area contributed by atoms with E-state index < -0.39 is 0 Å². The number of rotatable bonds is 7. The van der Waals surface area contributed by atoms with Gasteiger partial charge in [-0.15, -0.1) is 0 Å². The van der Waals surface area contributed by atoms with Crippen LogP contribution in [0.1, 0.15) is 58.9 Å². The van der Waals surface area contributed by atoms with Gasteiger partial charge >= 0.3 is 5.97 Å². The number of ketones is 1. The molecule has 4 nitrogen and oxygen atoms in total. The number of carbonyl (C=O) groups excluding carboxylic acids is 2. The number of ether oxygens (including phenoxy) is 2. The Morgan fingerprint density at radius 3 is 1.81 bits per heavy atom. The molecule has 3 rings (SSSR count). The Morgan fingerprint density at radius 1 is 0.812 bits per heavy atom. The second-order valence-electron chi connectivity index (χ2n) is 8.69. The summed E-state index contributed by atoms with van der Waals surface area (Å²) in [6, 6.07) is 19.2. The van der Waals surface area contributed by atoms with E-state index >= 15 is 0 Å². The van der Waals surface area contributed by atoms with Gasteiger partial charge in [-0.05, 0) is 60.7 Å². The first-order valence-electron chi connectivity index (χ1n) is 10.7. The number of hydrogen-bond acceptors (Lipinski definition) is 4. The second kappa shape index (κ2) is 9.39. The minimum Gasteiger partial charge on any atom is -0.496 e. The van der Waals surface area contributed by atoms with Crippen LogP contribution in [0, 0.1) is 13.8 Å². The third kappa shape index (κ3) is 5.08. The zero-order valence-electron chi connectivity index (χ0n) is 19.6. The van der Waals surface area contributed by atoms with E-state index in [1.807, 2.05) is 32.0 Å². The summed E-state index contributed by atoms with van der Waals surface area (Å²) in [4.78, 5) is 23.8. The van der Waals surface area contributed by atoms with Crippen LogP contribution >= 0.6 is 0 Å². The molecule has 0 radical (unpaired) electrons. The van der Waals surface area contributed by atoms with Crippen LogP contribution in [0.2, 0.25) is 0 Å². The van der Waals surface area contributed by atoms with E-state index in [0.29, 0.717) is 11.3 Å². The van der Waals surface area contributed by atoms with Crippen LogP contribution in [0.5, 0.6) is 11.5 Å². The van der Waals surface area contributed by atoms with Crippen molar-refractivity contribution < 1.29 is 19.1 Å². The zero-order valence-corrected chi connectivity index (χ0v) is 19.6. The molecule has 0 aliphatic carbocycles. The number of hydrogen-bond donors (Lipinski definition) is 0. The summed E-state index contributed by atoms with van der Waals surface area (Å²) in [6.45, 7) is 9.87. The molecule has 3 aromatic carbocycles. The molecule has 0 N–H and O–H groups in total. The fourth-order valence-electron chi connectivity index (χ4n) is 3.77. The van der Waals surface area contributed by atoms with E-state index in [0.717, 1.165) is 28.0 Å². The molecular weight excluding hydrogens is 400 g/mol. The summed E-state index contributed by atoms with van der Waals surface area (Å²) >= 11 is 0. The van der Waals surface area contributed by atoms with Crippen LogP contribution in [0.15, 0.2) is 60.7 Å². The molecule has 0 atom stereocenters. The van der Waals surface area contributed by atoms with Crippen LogP contribution in [0.4, 0.5) is 0 Å². The summed E-state index contributed by atoms with van der Waals surface area (Å²) in [6.07, 6.45) is 0.149. The highest BCUT2D eigenvalue weighted by molar-refractivity contribution is 5.94. The normalized spacial score (nSPS) is 11.2. The highest BCUT2D eigenvalue weighted by Gasteiger charge is 2.25. The van der Waals surface area contributed by atoms with Crippen LogP contribution in [0.3, 0.4) is 0 Å². The van der Waals surface area contributed by atoms with E-state index in [9.17, 15) is 9.59 Å². The number of carbonyl (C=O) groups is 2. The van der Waals surface area contributed by atoms with Crippen LogP contribution in [-0.4, -0.2) is 18.9 Å². The minimum absolute atomic E-state index is 0.00238. The maximum Gasteiger partial charge on any atom is 0.315 e. The van der Waals surface area contributed by atoms with Crippen LogP contribution < -0.4 is 9.47 Å². The smallest absolute Gasteiger partial charge is 0.315 e. The Bertz CT molecular complexity index is 1140. The predicted molar refractivity (Wildman–Crippen MR) is 127 cm³/mol. The molecule has 0 aliphatic rings. The standard InChI is InChI=1S/C28H30O4/c1-18-15-23(11-13-25(18)31-6)28(4,5)24-12-14-26(19(2)16-24)32-27(30)17-21-7-9-22(10-8-21)20(3)29/h7-16H,17H2,1-6H3. The summed E-state index contributed by atoms with van der Waals surface area (Å²) in [7, 11) is 1.68. The summed E-state index contributed by atoms with van der Waals surface area (Å²) < 4.78 is 11.0. The quantitative estimate of drug-likeness (QED) is 0.262. The van der Waals surface area contributed by atoms with E-state index in [-0.39, 0.29) is 23.6 Å². The number of Topliss-reactive ketones (excluding diaryl/α,β-unsaturated/α-hetero) is 1. The lowest BCUT2D eigenvalue weighted by molar-refractivity contribution is -0.133. The Morgan fingerprint density at radius 2 is 1.34 bits per heavy atom. The summed E-state index contributed by atoms with van der Waals surface area (Å²) in [5.41, 5.74) is 5.54. The van der Waals surface area contributed by atoms with Gasteiger partial charge in [0.25, 0.3) is 0 Å². The van der Waals surface area contributed by atoms with Crippen molar-refractivity contribution in [2.75, 3.05) is 7.11 Å². The minimum atomic E-state index is -0.332. The van der Waals surface area contributed by atoms with E-state index in [1.165, 1.54) is 12.5 Å². The monoisotopic (exact) mass is 430 g/mol. The fraction of sp³-hybridized carbons (Fsp3) is 0.286. The molecule has 3 aromatic rings. The molecule has 0 amide bonds. The Kier molecular flexibility index (Phi) is 6.83. The third-order valence-corrected chi connectivity index (χ3v) is 5.95. The maximum atomic E-state index is 12.5. The summed E-state index contributed by atoms with van der Waals surface area (Å²) in [5, 5.41) is 0. The molecule has 166 valence electrons. The fourth-order valence-corrected chi connectivity index (χ4v) is 3.77. The van der Waals surface area contributed by atoms with E-state index in [1.54, 1.807) is 31.4 Å². The van der Waals surface area contributed by atoms with Crippen LogP contribution in [0.25, 0.3) is 0 Å². The average Bonchev–Trinajstić information content (AvgIpc) is 2.75. The SMILES string of the molecule is COc1ccc(C(C)(C)c2ccc(OC(=O)Cc3ccc(C(C)=O)cc3)c(C)c2)cc1C. The maximum absolute atomic E-state index is 12.5. The van der Waals surface area contributed by atoms with Crippen molar-refractivity contribution in [3.63, 3.8) is 0 Å². The van der Waals surface area contributed by atoms with Crippen molar-refractivity contribution in [1.82, 2.24) is 0 Å². The van der Waals surface area contributed by atoms with Crippen molar-refractivity contribution in [3.8, 4) is 11.5 Å². The lowest BCUT2D eigenvalue weighted by Gasteiger charge is -2.27. The Labute approximate surface area is 190 Å². The van der Waals surface area contributed by atoms with Gasteiger partial charge in [0.1, 0.15) is 11.5 Å². The molecule has 0 fully saturated rings. The lowest BCUT2D eigenvalue weighted by atomic mass is 9.77. The lowest BCUT2D eigenvalue weighted by Crippen LogP contribution is -2.19. The summed E-state index contributed by atoms with van der Waals surface area (Å²) in [5.74, 6) is 1.10. The molecule has 32 heavy (non-hydrogen) atoms. The van der Waals surface area contributed by atoms with Crippen LogP contribution in [-0.2, 0) is 16.6 Å². The first-order chi connectivity index (χ1) is 15.1. The number of aryl methyl sites for hydroxylation is 2. The first kappa shape index (κ1) is 23.3. The van der Waals surface area contributed by atoms with Crippen molar-refractivity contribution in [2.24, 2.45) is 0 Å². The molecule has 0 spiro atoms. The van der Waals surface area contributed by atoms with Gasteiger partial charge in [-0.25, -0.2) is 0 Å². The van der Waals surface area contributed by atoms with E-state index in [4.69, 9.17) is 9.47 Å². The van der Waals surface area contributed by atoms with Gasteiger partial charge in [-0.3, -0.25) is 9.59 Å². The average molecular weight is 431 g/mol. The van der Waals surface area contributed by atoms with Gasteiger partial charge in [-0.2, -0.15) is 0 Å². The van der Waals surface area contributed by atoms with Gasteiger partial charge in [0.2, 0.25) is 0 Å². The highest BCUT2D eigenvalue weighted by atomic mass is 16.5. The van der Waals surface area contributed by atoms with Gasteiger partial charge < -0.3 is 9.47 Å². The second-order valence-corrected chi connectivity index (χ2v) is 8.69. The molecule has 0 saturated heterocycles. The zero-order chi connectivity index (χ0) is 23.5. The van der Waals surface area contributed by atoms with Gasteiger partial charge in [0.05, 0.1) is 13.5 Å². The highest BCUT2D eigenvalue weighted by Crippen LogP contribution is 2.35. The molecule has 0 aromatic heterocycles. The third-order valence-electron chi connectivity index (χ3n) is 5.95. The molecule has 4 heteroatoms. The van der Waals surface area contributed by atoms with E-state index in [2.05, 4.69) is 32.0 Å². The predicted octanol–water partition coefficient (Wildman–Crippen LogP) is 5.99. The largest absolute Gasteiger partial charge is 0.496 e. The number of methoxy groups -OCH3 is 1. The Hall–Kier alpha value is -3.40. The number of esters is 1. The van der Waals surface area contributed by atoms with Gasteiger partial charge in [0.15, 0.2) is 5.78 Å². The van der Waals surface area contributed by atoms with Gasteiger partial charge in [-0.1, -0.05) is 62.4 Å². The van der Waals surface area contributed by atoms with Gasteiger partial charge in [0, 0.05) is 11.0 Å². The first-order valence-corrected chi connectivity index (χ1v) is 10.7. The molecular formula is C28H30O4. The molecule has 0 heterocycles. The van der Waals surface area contributed by atoms with Crippen molar-refractivity contribution in [3.05, 3.63) is 94.0 Å². The Balaban J connectivity index is 1.74. The topological polar surface area (TPSA) is 52.6 Å².